The summed E-state index contributed by atoms with van der Waals surface area (Å²) in [6, 6.07) is 21.0. The molecule has 0 radical (unpaired) electrons. The molecule has 3 N–H and O–H groups in total. The van der Waals surface area contributed by atoms with Gasteiger partial charge >= 0.3 is 0 Å². The Morgan fingerprint density at radius 2 is 1.23 bits per heavy atom. The van der Waals surface area contributed by atoms with Crippen LogP contribution in [0.4, 0.5) is 11.4 Å². The normalized spacial score (nSPS) is 9.94. The van der Waals surface area contributed by atoms with E-state index in [1.807, 2.05) is 19.2 Å². The number of rotatable bonds is 6. The number of anilines is 2. The zero-order valence-electron chi connectivity index (χ0n) is 18.4. The maximum absolute atomic E-state index is 11.3. The maximum Gasteiger partial charge on any atom is 0.160 e. The van der Waals surface area contributed by atoms with Crippen LogP contribution in [0.1, 0.15) is 63.0 Å². The number of carbonyl (C=O) groups excluding carboxylic acids is 3. The number of Topliss-reactive ketones (excluding diaryl/α,β-unsaturated/α-hetero) is 3. The van der Waals surface area contributed by atoms with Gasteiger partial charge in [-0.05, 0) is 74.7 Å². The summed E-state index contributed by atoms with van der Waals surface area (Å²) >= 11 is 0. The lowest BCUT2D eigenvalue weighted by Crippen LogP contribution is -2.06. The summed E-state index contributed by atoms with van der Waals surface area (Å²) in [4.78, 5) is 33.6. The summed E-state index contributed by atoms with van der Waals surface area (Å²) in [6.45, 7) is 4.20. The van der Waals surface area contributed by atoms with E-state index in [4.69, 9.17) is 5.73 Å². The molecule has 3 rings (SSSR count). The second-order valence-electron chi connectivity index (χ2n) is 7.29. The van der Waals surface area contributed by atoms with Crippen LogP contribution in [0.5, 0.6) is 0 Å². The van der Waals surface area contributed by atoms with Gasteiger partial charge in [-0.15, -0.1) is 0 Å². The lowest BCUT2D eigenvalue weighted by atomic mass is 9.97. The second kappa shape index (κ2) is 10.9. The van der Waals surface area contributed by atoms with Crippen LogP contribution < -0.4 is 11.1 Å². The first-order chi connectivity index (χ1) is 14.7. The van der Waals surface area contributed by atoms with E-state index in [-0.39, 0.29) is 17.3 Å². The molecule has 0 bridgehead atoms. The number of benzene rings is 3. The molecule has 0 amide bonds. The highest BCUT2D eigenvalue weighted by atomic mass is 16.1. The van der Waals surface area contributed by atoms with Crippen LogP contribution in [0.25, 0.3) is 0 Å². The molecule has 160 valence electrons. The third kappa shape index (κ3) is 6.93. The SMILES string of the molecule is CC(=O)c1ccc(C(C)=O)c(C(C)=O)c1.CNc1ccc(Cc2ccc(N)cc2)cc1. The number of hydrogen-bond donors (Lipinski definition) is 2. The zero-order chi connectivity index (χ0) is 23.0. The molecule has 5 heteroatoms. The first-order valence-electron chi connectivity index (χ1n) is 9.99. The Morgan fingerprint density at radius 1 is 0.710 bits per heavy atom. The topological polar surface area (TPSA) is 89.3 Å². The average molecular weight is 417 g/mol. The van der Waals surface area contributed by atoms with E-state index >= 15 is 0 Å². The molecule has 5 nitrogen and oxygen atoms in total. The second-order valence-corrected chi connectivity index (χ2v) is 7.29. The minimum absolute atomic E-state index is 0.118. The minimum atomic E-state index is -0.205. The van der Waals surface area contributed by atoms with Gasteiger partial charge in [0.2, 0.25) is 0 Å². The van der Waals surface area contributed by atoms with Crippen molar-refractivity contribution in [1.29, 1.82) is 0 Å². The highest BCUT2D eigenvalue weighted by molar-refractivity contribution is 6.09. The van der Waals surface area contributed by atoms with Crippen molar-refractivity contribution < 1.29 is 14.4 Å². The molecule has 0 aliphatic carbocycles. The van der Waals surface area contributed by atoms with Gasteiger partial charge in [0, 0.05) is 35.1 Å². The van der Waals surface area contributed by atoms with Crippen LogP contribution in [0, 0.1) is 0 Å². The first-order valence-corrected chi connectivity index (χ1v) is 9.99. The van der Waals surface area contributed by atoms with Gasteiger partial charge in [-0.3, -0.25) is 14.4 Å². The summed E-state index contributed by atoms with van der Waals surface area (Å²) in [6.07, 6.45) is 0.949. The number of hydrogen-bond acceptors (Lipinski definition) is 5. The molecule has 3 aromatic rings. The number of carbonyl (C=O) groups is 3. The van der Waals surface area contributed by atoms with E-state index in [1.54, 1.807) is 6.07 Å². The summed E-state index contributed by atoms with van der Waals surface area (Å²) in [5.74, 6) is -0.494. The quantitative estimate of drug-likeness (QED) is 0.426. The van der Waals surface area contributed by atoms with Crippen molar-refractivity contribution in [3.63, 3.8) is 0 Å². The third-order valence-electron chi connectivity index (χ3n) is 4.82. The summed E-state index contributed by atoms with van der Waals surface area (Å²) in [5.41, 5.74) is 11.3. The highest BCUT2D eigenvalue weighted by Gasteiger charge is 2.13. The fourth-order valence-electron chi connectivity index (χ4n) is 3.02. The van der Waals surface area contributed by atoms with E-state index < -0.39 is 0 Å². The van der Waals surface area contributed by atoms with Crippen molar-refractivity contribution in [3.8, 4) is 0 Å². The molecule has 0 saturated carbocycles. The Balaban J connectivity index is 0.000000221. The van der Waals surface area contributed by atoms with Gasteiger partial charge in [0.05, 0.1) is 0 Å². The first kappa shape index (κ1) is 23.5. The molecule has 0 saturated heterocycles. The fourth-order valence-corrected chi connectivity index (χ4v) is 3.02. The van der Waals surface area contributed by atoms with Crippen molar-refractivity contribution in [2.45, 2.75) is 27.2 Å². The van der Waals surface area contributed by atoms with Gasteiger partial charge in [0.25, 0.3) is 0 Å². The lowest BCUT2D eigenvalue weighted by Gasteiger charge is -2.05. The van der Waals surface area contributed by atoms with Gasteiger partial charge in [-0.2, -0.15) is 0 Å². The smallest absolute Gasteiger partial charge is 0.160 e. The van der Waals surface area contributed by atoms with Crippen molar-refractivity contribution in [1.82, 2.24) is 0 Å². The number of nitrogen functional groups attached to an aromatic ring is 1. The molecule has 3 aromatic carbocycles. The average Bonchev–Trinajstić information content (AvgIpc) is 2.75. The molecular formula is C26H28N2O3. The lowest BCUT2D eigenvalue weighted by molar-refractivity contribution is 0.0979. The Hall–Kier alpha value is -3.73. The molecule has 0 heterocycles. The fraction of sp³-hybridized carbons (Fsp3) is 0.192. The van der Waals surface area contributed by atoms with Gasteiger partial charge in [0.1, 0.15) is 0 Å². The summed E-state index contributed by atoms with van der Waals surface area (Å²) in [7, 11) is 1.93. The molecule has 0 aliphatic heterocycles. The van der Waals surface area contributed by atoms with Gasteiger partial charge in [-0.1, -0.05) is 30.3 Å². The van der Waals surface area contributed by atoms with Crippen molar-refractivity contribution >= 4 is 28.7 Å². The molecule has 0 atom stereocenters. The van der Waals surface area contributed by atoms with E-state index in [9.17, 15) is 14.4 Å². The van der Waals surface area contributed by atoms with Crippen molar-refractivity contribution in [2.24, 2.45) is 0 Å². The Bertz CT molecular complexity index is 1070. The monoisotopic (exact) mass is 416 g/mol. The maximum atomic E-state index is 11.3. The Kier molecular flexibility index (Phi) is 8.26. The number of ketones is 3. The van der Waals surface area contributed by atoms with Crippen LogP contribution in [0.2, 0.25) is 0 Å². The van der Waals surface area contributed by atoms with Crippen LogP contribution in [-0.4, -0.2) is 24.4 Å². The molecule has 0 unspecified atom stereocenters. The summed E-state index contributed by atoms with van der Waals surface area (Å²) in [5, 5.41) is 3.11. The largest absolute Gasteiger partial charge is 0.399 e. The van der Waals surface area contributed by atoms with E-state index in [1.165, 1.54) is 44.0 Å². The molecule has 0 spiro atoms. The third-order valence-corrected chi connectivity index (χ3v) is 4.82. The predicted molar refractivity (Wildman–Crippen MR) is 126 cm³/mol. The van der Waals surface area contributed by atoms with E-state index in [0.717, 1.165) is 17.8 Å². The zero-order valence-corrected chi connectivity index (χ0v) is 18.4. The van der Waals surface area contributed by atoms with E-state index in [2.05, 4.69) is 41.7 Å². The highest BCUT2D eigenvalue weighted by Crippen LogP contribution is 2.15. The molecule has 0 aliphatic rings. The van der Waals surface area contributed by atoms with Crippen LogP contribution >= 0.6 is 0 Å². The van der Waals surface area contributed by atoms with Gasteiger partial charge < -0.3 is 11.1 Å². The van der Waals surface area contributed by atoms with Crippen LogP contribution in [-0.2, 0) is 6.42 Å². The van der Waals surface area contributed by atoms with Crippen molar-refractivity contribution in [2.75, 3.05) is 18.1 Å². The number of nitrogens with one attached hydrogen (secondary N) is 1. The number of nitrogens with two attached hydrogens (primary N) is 1. The van der Waals surface area contributed by atoms with Crippen molar-refractivity contribution in [3.05, 3.63) is 94.5 Å². The Labute approximate surface area is 183 Å². The Morgan fingerprint density at radius 3 is 1.68 bits per heavy atom. The van der Waals surface area contributed by atoms with Gasteiger partial charge in [-0.25, -0.2) is 0 Å². The van der Waals surface area contributed by atoms with Crippen LogP contribution in [0.15, 0.2) is 66.7 Å². The molecular weight excluding hydrogens is 388 g/mol. The van der Waals surface area contributed by atoms with E-state index in [0.29, 0.717) is 16.7 Å². The minimum Gasteiger partial charge on any atom is -0.399 e. The predicted octanol–water partition coefficient (Wildman–Crippen LogP) is 5.20. The van der Waals surface area contributed by atoms with Crippen LogP contribution in [0.3, 0.4) is 0 Å². The molecule has 0 fully saturated rings. The van der Waals surface area contributed by atoms with Gasteiger partial charge in [0.15, 0.2) is 17.3 Å². The molecule has 31 heavy (non-hydrogen) atoms. The summed E-state index contributed by atoms with van der Waals surface area (Å²) < 4.78 is 0. The standard InChI is InChI=1S/C14H16N2.C12H12O3/c1-16-14-8-4-12(5-9-14)10-11-2-6-13(15)7-3-11;1-7(13)10-4-5-11(8(2)14)12(6-10)9(3)15/h2-9,16H,10,15H2,1H3;4-6H,1-3H3. The molecule has 0 aromatic heterocycles.